The molecule has 2 aromatic carbocycles. The van der Waals surface area contributed by atoms with Gasteiger partial charge in [-0.1, -0.05) is 36.4 Å². The molecule has 186 valence electrons. The molecule has 7 nitrogen and oxygen atoms in total. The summed E-state index contributed by atoms with van der Waals surface area (Å²) in [4.78, 5) is 30.5. The number of hydrogen-bond donors (Lipinski definition) is 1. The number of ether oxygens (including phenoxy) is 2. The summed E-state index contributed by atoms with van der Waals surface area (Å²) in [5.74, 6) is 1.02. The molecule has 1 aliphatic heterocycles. The Kier molecular flexibility index (Phi) is 6.45. The van der Waals surface area contributed by atoms with Crippen LogP contribution < -0.4 is 14.8 Å². The number of para-hydroxylation sites is 2. The second-order valence-electron chi connectivity index (χ2n) is 9.00. The standard InChI is InChI=1S/C28H29N3O4S/c1-4-35-24-12-8-6-10-21(24)17-31-25(32)22-15-19-13-14-36-26(19)30(22)18-28(31,2)27(33)29-16-20-9-5-7-11-23(20)34-3/h5-15H,4,16-18H2,1-3H3,(H,29,33). The van der Waals surface area contributed by atoms with Gasteiger partial charge in [0, 0.05) is 23.1 Å². The first-order valence-electron chi connectivity index (χ1n) is 12.0. The monoisotopic (exact) mass is 503 g/mol. The highest BCUT2D eigenvalue weighted by atomic mass is 32.1. The van der Waals surface area contributed by atoms with Gasteiger partial charge in [-0.25, -0.2) is 0 Å². The number of rotatable bonds is 8. The molecule has 36 heavy (non-hydrogen) atoms. The third-order valence-electron chi connectivity index (χ3n) is 6.75. The molecule has 0 fully saturated rings. The molecule has 0 saturated carbocycles. The van der Waals surface area contributed by atoms with Crippen molar-refractivity contribution < 1.29 is 19.1 Å². The van der Waals surface area contributed by atoms with Crippen LogP contribution in [0.5, 0.6) is 11.5 Å². The molecule has 0 radical (unpaired) electrons. The SMILES string of the molecule is CCOc1ccccc1CN1C(=O)c2cc3ccsc3n2CC1(C)C(=O)NCc1ccccc1OC. The molecular weight excluding hydrogens is 474 g/mol. The molecule has 1 aliphatic rings. The first kappa shape index (κ1) is 23.9. The summed E-state index contributed by atoms with van der Waals surface area (Å²) < 4.78 is 13.2. The zero-order chi connectivity index (χ0) is 25.3. The van der Waals surface area contributed by atoms with Gasteiger partial charge < -0.3 is 24.3 Å². The molecule has 1 N–H and O–H groups in total. The number of methoxy groups -OCH3 is 1. The van der Waals surface area contributed by atoms with Gasteiger partial charge in [0.05, 0.1) is 26.8 Å². The molecule has 1 unspecified atom stereocenters. The number of amides is 2. The van der Waals surface area contributed by atoms with Crippen molar-refractivity contribution in [2.75, 3.05) is 13.7 Å². The lowest BCUT2D eigenvalue weighted by molar-refractivity contribution is -0.133. The van der Waals surface area contributed by atoms with E-state index in [9.17, 15) is 9.59 Å². The summed E-state index contributed by atoms with van der Waals surface area (Å²) in [6.07, 6.45) is 0. The average Bonchev–Trinajstić information content (AvgIpc) is 3.49. The molecule has 5 rings (SSSR count). The van der Waals surface area contributed by atoms with E-state index < -0.39 is 5.54 Å². The Morgan fingerprint density at radius 1 is 1.08 bits per heavy atom. The Labute approximate surface area is 214 Å². The van der Waals surface area contributed by atoms with E-state index in [1.165, 1.54) is 0 Å². The van der Waals surface area contributed by atoms with E-state index in [1.807, 2.05) is 84.5 Å². The van der Waals surface area contributed by atoms with Gasteiger partial charge in [0.25, 0.3) is 5.91 Å². The van der Waals surface area contributed by atoms with Crippen LogP contribution in [0.1, 0.15) is 35.5 Å². The van der Waals surface area contributed by atoms with Gasteiger partial charge in [-0.05, 0) is 43.5 Å². The topological polar surface area (TPSA) is 72.8 Å². The molecule has 2 aromatic heterocycles. The quantitative estimate of drug-likeness (QED) is 0.373. The summed E-state index contributed by atoms with van der Waals surface area (Å²) in [6.45, 7) is 5.19. The summed E-state index contributed by atoms with van der Waals surface area (Å²) in [7, 11) is 1.61. The summed E-state index contributed by atoms with van der Waals surface area (Å²) in [5.41, 5.74) is 1.20. The number of aromatic nitrogens is 1. The number of thiophene rings is 1. The van der Waals surface area contributed by atoms with Crippen LogP contribution >= 0.6 is 11.3 Å². The Bertz CT molecular complexity index is 1430. The number of benzene rings is 2. The van der Waals surface area contributed by atoms with Crippen molar-refractivity contribution in [3.05, 3.63) is 82.9 Å². The van der Waals surface area contributed by atoms with E-state index in [2.05, 4.69) is 5.32 Å². The predicted octanol–water partition coefficient (Wildman–Crippen LogP) is 4.84. The molecule has 4 aromatic rings. The van der Waals surface area contributed by atoms with Crippen molar-refractivity contribution in [2.45, 2.75) is 39.0 Å². The van der Waals surface area contributed by atoms with E-state index in [4.69, 9.17) is 9.47 Å². The van der Waals surface area contributed by atoms with Crippen LogP contribution in [0.15, 0.2) is 66.0 Å². The fourth-order valence-corrected chi connectivity index (χ4v) is 5.72. The maximum Gasteiger partial charge on any atom is 0.271 e. The van der Waals surface area contributed by atoms with Gasteiger partial charge in [0.1, 0.15) is 27.6 Å². The van der Waals surface area contributed by atoms with Crippen LogP contribution in [-0.2, 0) is 24.4 Å². The maximum absolute atomic E-state index is 13.9. The van der Waals surface area contributed by atoms with Gasteiger partial charge in [0.15, 0.2) is 0 Å². The van der Waals surface area contributed by atoms with Crippen LogP contribution in [0.2, 0.25) is 0 Å². The van der Waals surface area contributed by atoms with Gasteiger partial charge >= 0.3 is 0 Å². The lowest BCUT2D eigenvalue weighted by atomic mass is 9.93. The number of fused-ring (bicyclic) bond motifs is 3. The van der Waals surface area contributed by atoms with Crippen molar-refractivity contribution in [3.63, 3.8) is 0 Å². The Morgan fingerprint density at radius 3 is 2.56 bits per heavy atom. The molecule has 3 heterocycles. The molecule has 8 heteroatoms. The minimum atomic E-state index is -1.12. The molecule has 0 aliphatic carbocycles. The minimum absolute atomic E-state index is 0.175. The van der Waals surface area contributed by atoms with E-state index in [0.717, 1.165) is 21.3 Å². The normalized spacial score (nSPS) is 17.2. The smallest absolute Gasteiger partial charge is 0.271 e. The maximum atomic E-state index is 13.9. The van der Waals surface area contributed by atoms with Gasteiger partial charge in [-0.2, -0.15) is 0 Å². The zero-order valence-electron chi connectivity index (χ0n) is 20.6. The molecule has 0 saturated heterocycles. The third-order valence-corrected chi connectivity index (χ3v) is 7.70. The molecule has 1 atom stereocenters. The number of hydrogen-bond acceptors (Lipinski definition) is 5. The number of carbonyl (C=O) groups is 2. The predicted molar refractivity (Wildman–Crippen MR) is 141 cm³/mol. The van der Waals surface area contributed by atoms with Crippen molar-refractivity contribution in [2.24, 2.45) is 0 Å². The third kappa shape index (κ3) is 4.11. The summed E-state index contributed by atoms with van der Waals surface area (Å²) >= 11 is 1.58. The fourth-order valence-electron chi connectivity index (χ4n) is 4.82. The van der Waals surface area contributed by atoms with Crippen molar-refractivity contribution in [1.82, 2.24) is 14.8 Å². The highest BCUT2D eigenvalue weighted by Gasteiger charge is 2.48. The van der Waals surface area contributed by atoms with Crippen LogP contribution in [-0.4, -0.2) is 40.5 Å². The fraction of sp³-hybridized carbons (Fsp3) is 0.286. The van der Waals surface area contributed by atoms with Gasteiger partial charge in [0.2, 0.25) is 5.91 Å². The van der Waals surface area contributed by atoms with E-state index >= 15 is 0 Å². The molecule has 2 amide bonds. The molecule has 0 bridgehead atoms. The average molecular weight is 504 g/mol. The van der Waals surface area contributed by atoms with Crippen molar-refractivity contribution >= 4 is 33.4 Å². The van der Waals surface area contributed by atoms with Crippen molar-refractivity contribution in [1.29, 1.82) is 0 Å². The second-order valence-corrected chi connectivity index (χ2v) is 9.89. The molecule has 0 spiro atoms. The van der Waals surface area contributed by atoms with Gasteiger partial charge in [-0.3, -0.25) is 9.59 Å². The lowest BCUT2D eigenvalue weighted by Gasteiger charge is -2.44. The number of nitrogens with one attached hydrogen (secondary N) is 1. The van der Waals surface area contributed by atoms with E-state index in [0.29, 0.717) is 36.9 Å². The Balaban J connectivity index is 1.52. The minimum Gasteiger partial charge on any atom is -0.496 e. The van der Waals surface area contributed by atoms with Crippen LogP contribution in [0, 0.1) is 0 Å². The number of carbonyl (C=O) groups excluding carboxylic acids is 2. The van der Waals surface area contributed by atoms with Crippen LogP contribution in [0.3, 0.4) is 0 Å². The number of nitrogens with zero attached hydrogens (tertiary/aromatic N) is 2. The van der Waals surface area contributed by atoms with Crippen molar-refractivity contribution in [3.8, 4) is 11.5 Å². The Morgan fingerprint density at radius 2 is 1.81 bits per heavy atom. The molecular formula is C28H29N3O4S. The van der Waals surface area contributed by atoms with Gasteiger partial charge in [-0.15, -0.1) is 11.3 Å². The lowest BCUT2D eigenvalue weighted by Crippen LogP contribution is -2.63. The first-order chi connectivity index (χ1) is 17.5. The zero-order valence-corrected chi connectivity index (χ0v) is 21.4. The van der Waals surface area contributed by atoms with E-state index in [-0.39, 0.29) is 18.4 Å². The van der Waals surface area contributed by atoms with E-state index in [1.54, 1.807) is 23.3 Å². The summed E-state index contributed by atoms with van der Waals surface area (Å²) in [5, 5.41) is 6.09. The summed E-state index contributed by atoms with van der Waals surface area (Å²) in [6, 6.07) is 19.2. The van der Waals surface area contributed by atoms with Crippen LogP contribution in [0.4, 0.5) is 0 Å². The highest BCUT2D eigenvalue weighted by molar-refractivity contribution is 7.16. The highest BCUT2D eigenvalue weighted by Crippen LogP contribution is 2.36. The van der Waals surface area contributed by atoms with Crippen LogP contribution in [0.25, 0.3) is 10.2 Å². The first-order valence-corrected chi connectivity index (χ1v) is 12.8. The Hall–Kier alpha value is -3.78. The largest absolute Gasteiger partial charge is 0.496 e. The second kappa shape index (κ2) is 9.70.